The second kappa shape index (κ2) is 9.39. The molecule has 0 aliphatic heterocycles. The fraction of sp³-hybridized carbons (Fsp3) is 0.227. The van der Waals surface area contributed by atoms with Crippen LogP contribution in [0.2, 0.25) is 5.02 Å². The molecule has 0 radical (unpaired) electrons. The molecule has 150 valence electrons. The van der Waals surface area contributed by atoms with Crippen molar-refractivity contribution in [3.05, 3.63) is 65.1 Å². The number of nitrogens with zero attached hydrogens (tertiary/aromatic N) is 1. The van der Waals surface area contributed by atoms with Gasteiger partial charge < -0.3 is 15.1 Å². The average Bonchev–Trinajstić information content (AvgIpc) is 3.18. The molecule has 7 heteroatoms. The molecule has 6 nitrogen and oxygen atoms in total. The van der Waals surface area contributed by atoms with Crippen LogP contribution in [-0.4, -0.2) is 16.8 Å². The van der Waals surface area contributed by atoms with E-state index < -0.39 is 0 Å². The number of benzene rings is 2. The third-order valence-corrected chi connectivity index (χ3v) is 4.62. The second-order valence-corrected chi connectivity index (χ2v) is 7.04. The van der Waals surface area contributed by atoms with Crippen LogP contribution < -0.4 is 10.6 Å². The lowest BCUT2D eigenvalue weighted by Crippen LogP contribution is -2.14. The molecular formula is C22H22ClN3O3. The first-order valence-corrected chi connectivity index (χ1v) is 9.73. The molecule has 1 aromatic heterocycles. The minimum Gasteiger partial charge on any atom is -0.441 e. The number of hydrogen-bond donors (Lipinski definition) is 2. The molecule has 1 heterocycles. The van der Waals surface area contributed by atoms with Gasteiger partial charge in [0.2, 0.25) is 11.8 Å². The highest BCUT2D eigenvalue weighted by Gasteiger charge is 2.11. The lowest BCUT2D eigenvalue weighted by molar-refractivity contribution is -0.116. The lowest BCUT2D eigenvalue weighted by atomic mass is 10.1. The number of hydrogen-bond acceptors (Lipinski definition) is 4. The van der Waals surface area contributed by atoms with Gasteiger partial charge in [-0.2, -0.15) is 0 Å². The molecule has 0 unspecified atom stereocenters. The summed E-state index contributed by atoms with van der Waals surface area (Å²) in [5, 5.41) is 6.32. The Hall–Kier alpha value is -3.12. The van der Waals surface area contributed by atoms with E-state index in [4.69, 9.17) is 16.0 Å². The zero-order valence-corrected chi connectivity index (χ0v) is 17.0. The van der Waals surface area contributed by atoms with Gasteiger partial charge in [0.25, 0.3) is 0 Å². The van der Waals surface area contributed by atoms with E-state index >= 15 is 0 Å². The molecule has 0 saturated carbocycles. The van der Waals surface area contributed by atoms with Crippen LogP contribution in [0.3, 0.4) is 0 Å². The van der Waals surface area contributed by atoms with Crippen LogP contribution >= 0.6 is 11.6 Å². The molecule has 0 atom stereocenters. The topological polar surface area (TPSA) is 84.2 Å². The number of carbonyl (C=O) groups excluding carboxylic acids is 2. The van der Waals surface area contributed by atoms with Gasteiger partial charge in [-0.3, -0.25) is 9.59 Å². The molecule has 0 spiro atoms. The highest BCUT2D eigenvalue weighted by atomic mass is 35.5. The SMILES string of the molecule is CCC(=O)Nc1ccc(C)c(NC(=O)CCc2ncc(-c3ccc(Cl)cc3)o2)c1. The molecule has 0 aliphatic carbocycles. The number of aromatic nitrogens is 1. The molecular weight excluding hydrogens is 390 g/mol. The molecule has 29 heavy (non-hydrogen) atoms. The maximum absolute atomic E-state index is 12.4. The Morgan fingerprint density at radius 1 is 1.07 bits per heavy atom. The van der Waals surface area contributed by atoms with Gasteiger partial charge in [-0.25, -0.2) is 4.98 Å². The van der Waals surface area contributed by atoms with Crippen LogP contribution in [0.1, 0.15) is 31.2 Å². The summed E-state index contributed by atoms with van der Waals surface area (Å²) < 4.78 is 5.73. The van der Waals surface area contributed by atoms with Crippen molar-refractivity contribution >= 4 is 34.8 Å². The van der Waals surface area contributed by atoms with E-state index in [1.54, 1.807) is 31.3 Å². The van der Waals surface area contributed by atoms with Gasteiger partial charge in [-0.1, -0.05) is 24.6 Å². The number of amides is 2. The molecule has 3 aromatic rings. The Kier molecular flexibility index (Phi) is 6.67. The van der Waals surface area contributed by atoms with Crippen molar-refractivity contribution < 1.29 is 14.0 Å². The van der Waals surface area contributed by atoms with Gasteiger partial charge >= 0.3 is 0 Å². The van der Waals surface area contributed by atoms with Gasteiger partial charge in [0, 0.05) is 41.2 Å². The van der Waals surface area contributed by atoms with E-state index in [-0.39, 0.29) is 18.2 Å². The predicted octanol–water partition coefficient (Wildman–Crippen LogP) is 5.22. The molecule has 0 fully saturated rings. The minimum atomic E-state index is -0.154. The first-order valence-electron chi connectivity index (χ1n) is 9.35. The van der Waals surface area contributed by atoms with Crippen molar-refractivity contribution in [2.45, 2.75) is 33.1 Å². The highest BCUT2D eigenvalue weighted by molar-refractivity contribution is 6.30. The Bertz CT molecular complexity index is 1010. The molecule has 0 saturated heterocycles. The molecule has 3 rings (SSSR count). The predicted molar refractivity (Wildman–Crippen MR) is 114 cm³/mol. The number of aryl methyl sites for hydroxylation is 2. The molecule has 2 aromatic carbocycles. The molecule has 2 N–H and O–H groups in total. The fourth-order valence-corrected chi connectivity index (χ4v) is 2.82. The number of anilines is 2. The zero-order chi connectivity index (χ0) is 20.8. The monoisotopic (exact) mass is 411 g/mol. The number of rotatable bonds is 7. The maximum Gasteiger partial charge on any atom is 0.224 e. The summed E-state index contributed by atoms with van der Waals surface area (Å²) in [5.41, 5.74) is 3.10. The summed E-state index contributed by atoms with van der Waals surface area (Å²) in [4.78, 5) is 28.2. The first-order chi connectivity index (χ1) is 13.9. The van der Waals surface area contributed by atoms with E-state index in [1.165, 1.54) is 0 Å². The summed E-state index contributed by atoms with van der Waals surface area (Å²) in [6.45, 7) is 3.68. The number of nitrogens with one attached hydrogen (secondary N) is 2. The van der Waals surface area contributed by atoms with E-state index in [0.717, 1.165) is 11.1 Å². The van der Waals surface area contributed by atoms with Crippen molar-refractivity contribution in [2.24, 2.45) is 0 Å². The Morgan fingerprint density at radius 3 is 2.55 bits per heavy atom. The number of carbonyl (C=O) groups is 2. The zero-order valence-electron chi connectivity index (χ0n) is 16.3. The Morgan fingerprint density at radius 2 is 1.83 bits per heavy atom. The average molecular weight is 412 g/mol. The van der Waals surface area contributed by atoms with Gasteiger partial charge in [0.15, 0.2) is 11.7 Å². The Balaban J connectivity index is 1.58. The minimum absolute atomic E-state index is 0.0773. The quantitative estimate of drug-likeness (QED) is 0.558. The normalized spacial score (nSPS) is 10.6. The summed E-state index contributed by atoms with van der Waals surface area (Å²) in [7, 11) is 0. The van der Waals surface area contributed by atoms with Gasteiger partial charge in [0.05, 0.1) is 6.20 Å². The van der Waals surface area contributed by atoms with Gasteiger partial charge in [-0.15, -0.1) is 0 Å². The van der Waals surface area contributed by atoms with Crippen LogP contribution in [0, 0.1) is 6.92 Å². The van der Waals surface area contributed by atoms with Gasteiger partial charge in [0.1, 0.15) is 0 Å². The van der Waals surface area contributed by atoms with Crippen LogP contribution in [-0.2, 0) is 16.0 Å². The molecule has 2 amide bonds. The number of oxazole rings is 1. The molecule has 0 bridgehead atoms. The van der Waals surface area contributed by atoms with Crippen LogP contribution in [0.25, 0.3) is 11.3 Å². The van der Waals surface area contributed by atoms with Crippen molar-refractivity contribution in [3.8, 4) is 11.3 Å². The fourth-order valence-electron chi connectivity index (χ4n) is 2.69. The summed E-state index contributed by atoms with van der Waals surface area (Å²) in [6, 6.07) is 12.7. The maximum atomic E-state index is 12.4. The third-order valence-electron chi connectivity index (χ3n) is 4.36. The van der Waals surface area contributed by atoms with E-state index in [1.807, 2.05) is 31.2 Å². The van der Waals surface area contributed by atoms with Crippen molar-refractivity contribution in [2.75, 3.05) is 10.6 Å². The number of halogens is 1. The summed E-state index contributed by atoms with van der Waals surface area (Å²) >= 11 is 5.90. The third kappa shape index (κ3) is 5.68. The standard InChI is InChI=1S/C22H22ClN3O3/c1-3-20(27)25-17-9-4-14(2)18(12-17)26-21(28)10-11-22-24-13-19(29-22)15-5-7-16(23)8-6-15/h4-9,12-13H,3,10-11H2,1-2H3,(H,25,27)(H,26,28). The van der Waals surface area contributed by atoms with Crippen LogP contribution in [0.5, 0.6) is 0 Å². The van der Waals surface area contributed by atoms with E-state index in [9.17, 15) is 9.59 Å². The summed E-state index contributed by atoms with van der Waals surface area (Å²) in [6.07, 6.45) is 2.64. The van der Waals surface area contributed by atoms with Crippen molar-refractivity contribution in [1.82, 2.24) is 4.98 Å². The van der Waals surface area contributed by atoms with Gasteiger partial charge in [-0.05, 0) is 48.9 Å². The molecule has 0 aliphatic rings. The van der Waals surface area contributed by atoms with Crippen molar-refractivity contribution in [1.29, 1.82) is 0 Å². The highest BCUT2D eigenvalue weighted by Crippen LogP contribution is 2.23. The largest absolute Gasteiger partial charge is 0.441 e. The lowest BCUT2D eigenvalue weighted by Gasteiger charge is -2.11. The summed E-state index contributed by atoms with van der Waals surface area (Å²) in [5.74, 6) is 0.892. The van der Waals surface area contributed by atoms with E-state index in [0.29, 0.717) is 40.9 Å². The van der Waals surface area contributed by atoms with E-state index in [2.05, 4.69) is 15.6 Å². The van der Waals surface area contributed by atoms with Crippen LogP contribution in [0.15, 0.2) is 53.1 Å². The smallest absolute Gasteiger partial charge is 0.224 e. The van der Waals surface area contributed by atoms with Crippen molar-refractivity contribution in [3.63, 3.8) is 0 Å². The first kappa shape index (κ1) is 20.6. The Labute approximate surface area is 174 Å². The van der Waals surface area contributed by atoms with Crippen LogP contribution in [0.4, 0.5) is 11.4 Å². The second-order valence-electron chi connectivity index (χ2n) is 6.60.